The molecule has 10 nitrogen and oxygen atoms in total. The SMILES string of the molecule is CN(C)CC(=O)Nc1c(Cl)cc(CN=C(NC(=O)OC(C)(C)C)NC(=O)[C@H]2CCCN2c2ccc(C(F)(F)F)cc2)cc1Cl. The predicted octanol–water partition coefficient (Wildman–Crippen LogP) is 5.68. The third-order valence-electron chi connectivity index (χ3n) is 6.19. The lowest BCUT2D eigenvalue weighted by Crippen LogP contribution is -2.51. The van der Waals surface area contributed by atoms with Gasteiger partial charge < -0.3 is 19.9 Å². The summed E-state index contributed by atoms with van der Waals surface area (Å²) < 4.78 is 44.4. The Bertz CT molecular complexity index is 1370. The molecule has 1 saturated heterocycles. The predicted molar refractivity (Wildman–Crippen MR) is 164 cm³/mol. The van der Waals surface area contributed by atoms with Crippen LogP contribution in [-0.2, 0) is 27.0 Å². The maximum absolute atomic E-state index is 13.4. The Labute approximate surface area is 263 Å². The number of benzene rings is 2. The van der Waals surface area contributed by atoms with E-state index >= 15 is 0 Å². The van der Waals surface area contributed by atoms with E-state index in [0.717, 1.165) is 12.1 Å². The summed E-state index contributed by atoms with van der Waals surface area (Å²) in [7, 11) is 3.48. The van der Waals surface area contributed by atoms with Crippen molar-refractivity contribution in [2.75, 3.05) is 37.4 Å². The van der Waals surface area contributed by atoms with Crippen LogP contribution < -0.4 is 20.9 Å². The van der Waals surface area contributed by atoms with Crippen LogP contribution in [0.2, 0.25) is 10.0 Å². The Kier molecular flexibility index (Phi) is 11.5. The number of hydrogen-bond donors (Lipinski definition) is 3. The normalized spacial score (nSPS) is 15.8. The van der Waals surface area contributed by atoms with Crippen molar-refractivity contribution in [3.63, 3.8) is 0 Å². The molecule has 1 aliphatic rings. The van der Waals surface area contributed by atoms with E-state index in [1.807, 2.05) is 0 Å². The van der Waals surface area contributed by atoms with E-state index < -0.39 is 35.4 Å². The zero-order valence-electron chi connectivity index (χ0n) is 24.9. The summed E-state index contributed by atoms with van der Waals surface area (Å²) >= 11 is 12.8. The number of aliphatic imine (C=N–C) groups is 1. The van der Waals surface area contributed by atoms with Gasteiger partial charge in [0.25, 0.3) is 0 Å². The average molecular weight is 660 g/mol. The van der Waals surface area contributed by atoms with E-state index in [1.54, 1.807) is 56.8 Å². The summed E-state index contributed by atoms with van der Waals surface area (Å²) in [6.07, 6.45) is -4.29. The van der Waals surface area contributed by atoms with Crippen LogP contribution >= 0.6 is 23.2 Å². The number of carbonyl (C=O) groups excluding carboxylic acids is 3. The number of hydrogen-bond acceptors (Lipinski definition) is 7. The molecule has 3 amide bonds. The number of rotatable bonds is 7. The Balaban J connectivity index is 1.81. The largest absolute Gasteiger partial charge is 0.444 e. The van der Waals surface area contributed by atoms with Crippen molar-refractivity contribution in [1.29, 1.82) is 0 Å². The number of alkyl carbamates (subject to hydrolysis) is 1. The van der Waals surface area contributed by atoms with Gasteiger partial charge in [-0.2, -0.15) is 13.2 Å². The van der Waals surface area contributed by atoms with Crippen LogP contribution in [0.5, 0.6) is 0 Å². The smallest absolute Gasteiger partial charge is 0.416 e. The monoisotopic (exact) mass is 658 g/mol. The molecular weight excluding hydrogens is 624 g/mol. The van der Waals surface area contributed by atoms with Gasteiger partial charge in [-0.25, -0.2) is 9.79 Å². The van der Waals surface area contributed by atoms with Crippen molar-refractivity contribution in [3.05, 3.63) is 57.6 Å². The lowest BCUT2D eigenvalue weighted by atomic mass is 10.1. The number of likely N-dealkylation sites (N-methyl/N-ethyl adjacent to an activating group) is 1. The quantitative estimate of drug-likeness (QED) is 0.261. The van der Waals surface area contributed by atoms with Crippen molar-refractivity contribution in [3.8, 4) is 0 Å². The number of anilines is 2. The van der Waals surface area contributed by atoms with Gasteiger partial charge in [0, 0.05) is 12.2 Å². The summed E-state index contributed by atoms with van der Waals surface area (Å²) in [5, 5.41) is 8.06. The average Bonchev–Trinajstić information content (AvgIpc) is 3.38. The van der Waals surface area contributed by atoms with Crippen LogP contribution in [0.1, 0.15) is 44.7 Å². The fourth-order valence-electron chi connectivity index (χ4n) is 4.37. The van der Waals surface area contributed by atoms with E-state index in [1.165, 1.54) is 12.1 Å². The molecule has 1 aliphatic heterocycles. The van der Waals surface area contributed by atoms with E-state index in [-0.39, 0.29) is 40.7 Å². The first kappa shape index (κ1) is 34.9. The minimum Gasteiger partial charge on any atom is -0.444 e. The molecule has 2 aromatic carbocycles. The fraction of sp³-hybridized carbons (Fsp3) is 0.448. The second kappa shape index (κ2) is 14.5. The van der Waals surface area contributed by atoms with Crippen LogP contribution in [0.3, 0.4) is 0 Å². The molecule has 240 valence electrons. The first-order valence-electron chi connectivity index (χ1n) is 13.6. The molecule has 2 aromatic rings. The van der Waals surface area contributed by atoms with Gasteiger partial charge in [0.15, 0.2) is 0 Å². The van der Waals surface area contributed by atoms with E-state index in [0.29, 0.717) is 30.6 Å². The van der Waals surface area contributed by atoms with Gasteiger partial charge in [0.1, 0.15) is 11.6 Å². The second-order valence-corrected chi connectivity index (χ2v) is 12.2. The fourth-order valence-corrected chi connectivity index (χ4v) is 5.00. The van der Waals surface area contributed by atoms with Crippen LogP contribution in [0.15, 0.2) is 41.4 Å². The first-order chi connectivity index (χ1) is 20.4. The lowest BCUT2D eigenvalue weighted by Gasteiger charge is -2.27. The van der Waals surface area contributed by atoms with Crippen molar-refractivity contribution in [2.45, 2.75) is 58.0 Å². The highest BCUT2D eigenvalue weighted by atomic mass is 35.5. The number of nitrogens with zero attached hydrogens (tertiary/aromatic N) is 3. The van der Waals surface area contributed by atoms with Crippen LogP contribution in [-0.4, -0.2) is 67.6 Å². The topological polar surface area (TPSA) is 115 Å². The summed E-state index contributed by atoms with van der Waals surface area (Å²) in [6, 6.07) is 6.93. The Morgan fingerprint density at radius 1 is 1.05 bits per heavy atom. The van der Waals surface area contributed by atoms with E-state index in [9.17, 15) is 27.6 Å². The van der Waals surface area contributed by atoms with Crippen molar-refractivity contribution < 1.29 is 32.3 Å². The number of carbonyl (C=O) groups is 3. The molecule has 3 rings (SSSR count). The van der Waals surface area contributed by atoms with Crippen molar-refractivity contribution in [2.24, 2.45) is 4.99 Å². The summed E-state index contributed by atoms with van der Waals surface area (Å²) in [5.74, 6) is -1.04. The van der Waals surface area contributed by atoms with E-state index in [2.05, 4.69) is 20.9 Å². The van der Waals surface area contributed by atoms with Crippen LogP contribution in [0.25, 0.3) is 0 Å². The van der Waals surface area contributed by atoms with Gasteiger partial charge in [-0.3, -0.25) is 20.2 Å². The maximum Gasteiger partial charge on any atom is 0.416 e. The zero-order chi connectivity index (χ0) is 32.8. The number of ether oxygens (including phenoxy) is 1. The molecule has 3 N–H and O–H groups in total. The Morgan fingerprint density at radius 3 is 2.20 bits per heavy atom. The highest BCUT2D eigenvalue weighted by molar-refractivity contribution is 6.39. The molecule has 1 atom stereocenters. The minimum atomic E-state index is -4.48. The van der Waals surface area contributed by atoms with Crippen LogP contribution in [0, 0.1) is 0 Å². The second-order valence-electron chi connectivity index (χ2n) is 11.4. The standard InChI is InChI=1S/C29H35Cl2F3N6O4/c1-28(2,3)44-27(43)38-26(35-15-17-13-20(30)24(21(31)14-17)36-23(41)16-39(4)5)37-25(42)22-7-6-12-40(22)19-10-8-18(9-11-19)29(32,33)34/h8-11,13-14,22H,6-7,12,15-16H2,1-5H3,(H,36,41)(H2,35,37,38,42,43)/t22-/m1/s1. The number of halogens is 5. The van der Waals surface area contributed by atoms with E-state index in [4.69, 9.17) is 27.9 Å². The zero-order valence-corrected chi connectivity index (χ0v) is 26.5. The third-order valence-corrected chi connectivity index (χ3v) is 6.78. The molecule has 0 saturated carbocycles. The highest BCUT2D eigenvalue weighted by Gasteiger charge is 2.34. The molecular formula is C29H35Cl2F3N6O4. The minimum absolute atomic E-state index is 0.0793. The Hall–Kier alpha value is -3.55. The molecule has 0 bridgehead atoms. The Morgan fingerprint density at radius 2 is 1.66 bits per heavy atom. The molecule has 0 aromatic heterocycles. The molecule has 15 heteroatoms. The number of alkyl halides is 3. The van der Waals surface area contributed by atoms with Gasteiger partial charge >= 0.3 is 12.3 Å². The van der Waals surface area contributed by atoms with Gasteiger partial charge in [-0.05, 0) is 89.7 Å². The number of amides is 3. The molecule has 44 heavy (non-hydrogen) atoms. The summed E-state index contributed by atoms with van der Waals surface area (Å²) in [6.45, 7) is 5.51. The summed E-state index contributed by atoms with van der Waals surface area (Å²) in [5.41, 5.74) is -0.427. The number of nitrogens with one attached hydrogen (secondary N) is 3. The first-order valence-corrected chi connectivity index (χ1v) is 14.4. The van der Waals surface area contributed by atoms with Crippen molar-refractivity contribution in [1.82, 2.24) is 15.5 Å². The molecule has 1 heterocycles. The summed E-state index contributed by atoms with van der Waals surface area (Å²) in [4.78, 5) is 45.8. The van der Waals surface area contributed by atoms with Gasteiger partial charge in [0.05, 0.1) is 34.4 Å². The molecule has 0 spiro atoms. The third kappa shape index (κ3) is 10.3. The lowest BCUT2D eigenvalue weighted by molar-refractivity contribution is -0.137. The van der Waals surface area contributed by atoms with Gasteiger partial charge in [0.2, 0.25) is 17.8 Å². The molecule has 0 radical (unpaired) electrons. The van der Waals surface area contributed by atoms with Crippen molar-refractivity contribution >= 4 is 58.4 Å². The number of guanidine groups is 1. The van der Waals surface area contributed by atoms with Gasteiger partial charge in [-0.1, -0.05) is 23.2 Å². The maximum atomic E-state index is 13.4. The molecule has 0 unspecified atom stereocenters. The van der Waals surface area contributed by atoms with Crippen LogP contribution in [0.4, 0.5) is 29.3 Å². The van der Waals surface area contributed by atoms with Gasteiger partial charge in [-0.15, -0.1) is 0 Å². The highest BCUT2D eigenvalue weighted by Crippen LogP contribution is 2.33. The molecule has 0 aliphatic carbocycles. The molecule has 1 fully saturated rings.